The minimum Gasteiger partial charge on any atom is -0.320 e. The maximum atomic E-state index is 12.0. The Balaban J connectivity index is 2.22. The molecule has 1 aromatic carbocycles. The van der Waals surface area contributed by atoms with Crippen LogP contribution in [0, 0.1) is 3.57 Å². The summed E-state index contributed by atoms with van der Waals surface area (Å²) >= 11 is 2.08. The zero-order valence-electron chi connectivity index (χ0n) is 9.33. The van der Waals surface area contributed by atoms with E-state index in [0.717, 1.165) is 21.2 Å². The monoisotopic (exact) mass is 341 g/mol. The average molecular weight is 341 g/mol. The van der Waals surface area contributed by atoms with Gasteiger partial charge in [0.25, 0.3) is 5.91 Å². The van der Waals surface area contributed by atoms with Gasteiger partial charge in [0.2, 0.25) is 0 Å². The van der Waals surface area contributed by atoms with Crippen LogP contribution in [0.4, 0.5) is 5.69 Å². The number of nitrogens with one attached hydrogen (secondary N) is 2. The second-order valence-electron chi connectivity index (χ2n) is 3.56. The lowest BCUT2D eigenvalue weighted by molar-refractivity contribution is 0.102. The first-order valence-corrected chi connectivity index (χ1v) is 6.38. The van der Waals surface area contributed by atoms with E-state index in [0.29, 0.717) is 5.69 Å². The number of aromatic nitrogens is 2. The van der Waals surface area contributed by atoms with E-state index in [2.05, 4.69) is 45.0 Å². The summed E-state index contributed by atoms with van der Waals surface area (Å²) in [6, 6.07) is 7.79. The number of hydrogen-bond donors (Lipinski definition) is 2. The minimum atomic E-state index is -0.159. The standard InChI is InChI=1S/C12H12IN3O/c1-2-8-5-3-4-6-10(8)15-12(17)11-9(13)7-14-16-11/h3-7H,2H2,1H3,(H,14,16)(H,15,17). The van der Waals surface area contributed by atoms with Gasteiger partial charge in [0.05, 0.1) is 9.77 Å². The van der Waals surface area contributed by atoms with Gasteiger partial charge in [-0.1, -0.05) is 25.1 Å². The molecule has 0 radical (unpaired) electrons. The summed E-state index contributed by atoms with van der Waals surface area (Å²) in [6.07, 6.45) is 2.51. The first-order valence-electron chi connectivity index (χ1n) is 5.30. The number of halogens is 1. The predicted octanol–water partition coefficient (Wildman–Crippen LogP) is 2.83. The number of hydrogen-bond acceptors (Lipinski definition) is 2. The molecule has 2 aromatic rings. The molecule has 17 heavy (non-hydrogen) atoms. The van der Waals surface area contributed by atoms with Crippen LogP contribution in [0.2, 0.25) is 0 Å². The van der Waals surface area contributed by atoms with Gasteiger partial charge in [0, 0.05) is 5.69 Å². The number of amides is 1. The largest absolute Gasteiger partial charge is 0.320 e. The summed E-state index contributed by atoms with van der Waals surface area (Å²) in [5.74, 6) is -0.159. The van der Waals surface area contributed by atoms with E-state index in [1.165, 1.54) is 0 Å². The van der Waals surface area contributed by atoms with Crippen molar-refractivity contribution in [2.24, 2.45) is 0 Å². The van der Waals surface area contributed by atoms with Crippen LogP contribution in [-0.2, 0) is 6.42 Å². The second kappa shape index (κ2) is 5.31. The molecule has 4 nitrogen and oxygen atoms in total. The summed E-state index contributed by atoms with van der Waals surface area (Å²) < 4.78 is 0.814. The molecule has 1 amide bonds. The van der Waals surface area contributed by atoms with Gasteiger partial charge < -0.3 is 5.32 Å². The van der Waals surface area contributed by atoms with Crippen LogP contribution in [0.1, 0.15) is 23.0 Å². The lowest BCUT2D eigenvalue weighted by atomic mass is 10.1. The number of H-pyrrole nitrogens is 1. The predicted molar refractivity (Wildman–Crippen MR) is 75.1 cm³/mol. The first kappa shape index (κ1) is 12.1. The quantitative estimate of drug-likeness (QED) is 0.844. The van der Waals surface area contributed by atoms with Gasteiger partial charge in [0.15, 0.2) is 0 Å². The fourth-order valence-electron chi connectivity index (χ4n) is 1.57. The van der Waals surface area contributed by atoms with E-state index >= 15 is 0 Å². The van der Waals surface area contributed by atoms with Gasteiger partial charge in [-0.25, -0.2) is 0 Å². The highest BCUT2D eigenvalue weighted by Crippen LogP contribution is 2.17. The van der Waals surface area contributed by atoms with Crippen LogP contribution in [-0.4, -0.2) is 16.1 Å². The van der Waals surface area contributed by atoms with Gasteiger partial charge in [0.1, 0.15) is 5.69 Å². The molecule has 0 spiro atoms. The first-order chi connectivity index (χ1) is 8.22. The number of para-hydroxylation sites is 1. The highest BCUT2D eigenvalue weighted by atomic mass is 127. The van der Waals surface area contributed by atoms with E-state index in [-0.39, 0.29) is 5.91 Å². The number of rotatable bonds is 3. The Bertz CT molecular complexity index is 536. The fourth-order valence-corrected chi connectivity index (χ4v) is 2.07. The van der Waals surface area contributed by atoms with Crippen molar-refractivity contribution in [1.82, 2.24) is 10.2 Å². The third-order valence-electron chi connectivity index (χ3n) is 2.47. The molecule has 0 fully saturated rings. The Kier molecular flexibility index (Phi) is 3.78. The molecule has 0 atom stereocenters. The zero-order valence-corrected chi connectivity index (χ0v) is 11.5. The van der Waals surface area contributed by atoms with Gasteiger partial charge in [-0.2, -0.15) is 5.10 Å². The van der Waals surface area contributed by atoms with Crippen LogP contribution in [0.15, 0.2) is 30.5 Å². The van der Waals surface area contributed by atoms with Gasteiger partial charge in [-0.15, -0.1) is 0 Å². The van der Waals surface area contributed by atoms with Crippen molar-refractivity contribution >= 4 is 34.2 Å². The maximum absolute atomic E-state index is 12.0. The summed E-state index contributed by atoms with van der Waals surface area (Å²) in [4.78, 5) is 12.0. The SMILES string of the molecule is CCc1ccccc1NC(=O)c1[nH]ncc1I. The normalized spacial score (nSPS) is 10.2. The second-order valence-corrected chi connectivity index (χ2v) is 4.72. The van der Waals surface area contributed by atoms with Crippen molar-refractivity contribution in [3.8, 4) is 0 Å². The third-order valence-corrected chi connectivity index (χ3v) is 3.28. The molecule has 2 rings (SSSR count). The van der Waals surface area contributed by atoms with Crippen molar-refractivity contribution < 1.29 is 4.79 Å². The van der Waals surface area contributed by atoms with Gasteiger partial charge in [-0.3, -0.25) is 9.89 Å². The third kappa shape index (κ3) is 2.66. The van der Waals surface area contributed by atoms with Crippen molar-refractivity contribution in [2.75, 3.05) is 5.32 Å². The van der Waals surface area contributed by atoms with E-state index in [1.54, 1.807) is 6.20 Å². The maximum Gasteiger partial charge on any atom is 0.274 e. The van der Waals surface area contributed by atoms with Crippen molar-refractivity contribution in [3.63, 3.8) is 0 Å². The lowest BCUT2D eigenvalue weighted by Crippen LogP contribution is -2.14. The highest BCUT2D eigenvalue weighted by molar-refractivity contribution is 14.1. The number of carbonyl (C=O) groups is 1. The molecule has 0 aliphatic heterocycles. The number of aryl methyl sites for hydroxylation is 1. The minimum absolute atomic E-state index is 0.159. The topological polar surface area (TPSA) is 57.8 Å². The highest BCUT2D eigenvalue weighted by Gasteiger charge is 2.13. The molecule has 88 valence electrons. The van der Waals surface area contributed by atoms with Gasteiger partial charge in [-0.05, 0) is 40.6 Å². The Labute approximate surface area is 113 Å². The van der Waals surface area contributed by atoms with Gasteiger partial charge >= 0.3 is 0 Å². The van der Waals surface area contributed by atoms with Crippen molar-refractivity contribution in [3.05, 3.63) is 45.3 Å². The molecule has 0 unspecified atom stereocenters. The smallest absolute Gasteiger partial charge is 0.274 e. The van der Waals surface area contributed by atoms with E-state index in [4.69, 9.17) is 0 Å². The Hall–Kier alpha value is -1.37. The number of carbonyl (C=O) groups excluding carboxylic acids is 1. The molecule has 2 N–H and O–H groups in total. The Morgan fingerprint density at radius 1 is 1.47 bits per heavy atom. The molecule has 0 aliphatic carbocycles. The van der Waals surface area contributed by atoms with Crippen LogP contribution >= 0.6 is 22.6 Å². The molecule has 1 aromatic heterocycles. The van der Waals surface area contributed by atoms with Crippen LogP contribution in [0.25, 0.3) is 0 Å². The molecule has 0 bridgehead atoms. The number of aromatic amines is 1. The zero-order chi connectivity index (χ0) is 12.3. The molecule has 0 saturated heterocycles. The Morgan fingerprint density at radius 3 is 2.88 bits per heavy atom. The summed E-state index contributed by atoms with van der Waals surface area (Å²) in [5.41, 5.74) is 2.47. The van der Waals surface area contributed by atoms with Crippen LogP contribution in [0.3, 0.4) is 0 Å². The van der Waals surface area contributed by atoms with Crippen molar-refractivity contribution in [2.45, 2.75) is 13.3 Å². The Morgan fingerprint density at radius 2 is 2.24 bits per heavy atom. The number of benzene rings is 1. The van der Waals surface area contributed by atoms with Crippen LogP contribution in [0.5, 0.6) is 0 Å². The molecule has 0 saturated carbocycles. The molecule has 0 aliphatic rings. The average Bonchev–Trinajstić information content (AvgIpc) is 2.76. The van der Waals surface area contributed by atoms with Crippen molar-refractivity contribution in [1.29, 1.82) is 0 Å². The van der Waals surface area contributed by atoms with E-state index < -0.39 is 0 Å². The molecular formula is C12H12IN3O. The molecule has 1 heterocycles. The summed E-state index contributed by atoms with van der Waals surface area (Å²) in [7, 11) is 0. The molecule has 5 heteroatoms. The summed E-state index contributed by atoms with van der Waals surface area (Å²) in [6.45, 7) is 2.06. The van der Waals surface area contributed by atoms with E-state index in [9.17, 15) is 4.79 Å². The fraction of sp³-hybridized carbons (Fsp3) is 0.167. The number of anilines is 1. The number of nitrogens with zero attached hydrogens (tertiary/aromatic N) is 1. The lowest BCUT2D eigenvalue weighted by Gasteiger charge is -2.08. The molecular weight excluding hydrogens is 329 g/mol. The van der Waals surface area contributed by atoms with E-state index in [1.807, 2.05) is 24.3 Å². The van der Waals surface area contributed by atoms with Crippen LogP contribution < -0.4 is 5.32 Å². The summed E-state index contributed by atoms with van der Waals surface area (Å²) in [5, 5.41) is 9.42.